The maximum absolute atomic E-state index is 8.92. The fraction of sp³-hybridized carbons (Fsp3) is 0.500. The van der Waals surface area contributed by atoms with Crippen LogP contribution in [0.1, 0.15) is 26.3 Å². The fourth-order valence-electron chi connectivity index (χ4n) is 1.41. The molecule has 1 N–H and O–H groups in total. The Balaban J connectivity index is 2.42. The second-order valence-electron chi connectivity index (χ2n) is 4.59. The van der Waals surface area contributed by atoms with Gasteiger partial charge in [0.25, 0.3) is 0 Å². The standard InChI is InChI=1S/C14H20N2O/c1-11(2)16-9-12(3)10-17-14-7-5-4-6-13(14)8-15/h4-7,11-12,16H,9-10H2,1-3H3. The van der Waals surface area contributed by atoms with Crippen molar-refractivity contribution in [1.82, 2.24) is 5.32 Å². The molecule has 0 spiro atoms. The molecule has 1 unspecified atom stereocenters. The summed E-state index contributed by atoms with van der Waals surface area (Å²) in [6.07, 6.45) is 0. The largest absolute Gasteiger partial charge is 0.492 e. The SMILES string of the molecule is CC(CNC(C)C)COc1ccccc1C#N. The third-order valence-electron chi connectivity index (χ3n) is 2.41. The summed E-state index contributed by atoms with van der Waals surface area (Å²) in [4.78, 5) is 0. The lowest BCUT2D eigenvalue weighted by atomic mass is 10.2. The first-order valence-electron chi connectivity index (χ1n) is 5.98. The van der Waals surface area contributed by atoms with Crippen molar-refractivity contribution in [2.45, 2.75) is 26.8 Å². The Morgan fingerprint density at radius 2 is 2.00 bits per heavy atom. The second-order valence-corrected chi connectivity index (χ2v) is 4.59. The first-order chi connectivity index (χ1) is 8.13. The van der Waals surface area contributed by atoms with E-state index in [1.807, 2.05) is 18.2 Å². The molecule has 0 amide bonds. The van der Waals surface area contributed by atoms with Gasteiger partial charge >= 0.3 is 0 Å². The molecule has 1 atom stereocenters. The highest BCUT2D eigenvalue weighted by molar-refractivity contribution is 5.42. The molecule has 0 aliphatic rings. The van der Waals surface area contributed by atoms with Gasteiger partial charge in [-0.3, -0.25) is 0 Å². The van der Waals surface area contributed by atoms with Gasteiger partial charge in [-0.25, -0.2) is 0 Å². The maximum Gasteiger partial charge on any atom is 0.137 e. The molecule has 92 valence electrons. The minimum absolute atomic E-state index is 0.421. The Bertz CT molecular complexity index is 382. The van der Waals surface area contributed by atoms with Crippen molar-refractivity contribution in [3.8, 4) is 11.8 Å². The van der Waals surface area contributed by atoms with E-state index in [0.29, 0.717) is 29.9 Å². The van der Waals surface area contributed by atoms with Gasteiger partial charge in [-0.15, -0.1) is 0 Å². The highest BCUT2D eigenvalue weighted by atomic mass is 16.5. The summed E-state index contributed by atoms with van der Waals surface area (Å²) in [6.45, 7) is 7.92. The van der Waals surface area contributed by atoms with Crippen LogP contribution < -0.4 is 10.1 Å². The molecule has 0 aliphatic carbocycles. The summed E-state index contributed by atoms with van der Waals surface area (Å²) in [5.41, 5.74) is 0.594. The van der Waals surface area contributed by atoms with E-state index in [0.717, 1.165) is 6.54 Å². The molecule has 0 aromatic heterocycles. The smallest absolute Gasteiger partial charge is 0.137 e. The van der Waals surface area contributed by atoms with E-state index < -0.39 is 0 Å². The molecule has 1 aromatic carbocycles. The van der Waals surface area contributed by atoms with Gasteiger partial charge in [-0.05, 0) is 12.1 Å². The lowest BCUT2D eigenvalue weighted by Gasteiger charge is -2.16. The number of rotatable bonds is 6. The molecule has 1 aromatic rings. The summed E-state index contributed by atoms with van der Waals surface area (Å²) < 4.78 is 5.66. The molecule has 17 heavy (non-hydrogen) atoms. The van der Waals surface area contributed by atoms with E-state index in [4.69, 9.17) is 10.00 Å². The topological polar surface area (TPSA) is 45.0 Å². The Hall–Kier alpha value is -1.53. The summed E-state index contributed by atoms with van der Waals surface area (Å²) in [5.74, 6) is 1.09. The van der Waals surface area contributed by atoms with Gasteiger partial charge in [-0.2, -0.15) is 5.26 Å². The minimum atomic E-state index is 0.421. The van der Waals surface area contributed by atoms with Gasteiger partial charge in [0.05, 0.1) is 12.2 Å². The Kier molecular flexibility index (Phi) is 5.51. The summed E-state index contributed by atoms with van der Waals surface area (Å²) >= 11 is 0. The van der Waals surface area contributed by atoms with Crippen molar-refractivity contribution in [2.75, 3.05) is 13.2 Å². The fourth-order valence-corrected chi connectivity index (χ4v) is 1.41. The third kappa shape index (κ3) is 4.88. The second kappa shape index (κ2) is 6.93. The van der Waals surface area contributed by atoms with Crippen molar-refractivity contribution in [3.63, 3.8) is 0 Å². The molecule has 1 rings (SSSR count). The van der Waals surface area contributed by atoms with Crippen LogP contribution in [0.3, 0.4) is 0 Å². The number of para-hydroxylation sites is 1. The minimum Gasteiger partial charge on any atom is -0.492 e. The molecule has 0 aliphatic heterocycles. The van der Waals surface area contributed by atoms with E-state index in [2.05, 4.69) is 32.2 Å². The third-order valence-corrected chi connectivity index (χ3v) is 2.41. The molecule has 0 saturated carbocycles. The highest BCUT2D eigenvalue weighted by Crippen LogP contribution is 2.17. The molecule has 0 saturated heterocycles. The lowest BCUT2D eigenvalue weighted by molar-refractivity contribution is 0.252. The molecule has 3 heteroatoms. The van der Waals surface area contributed by atoms with Crippen LogP contribution in [0.15, 0.2) is 24.3 Å². The number of hydrogen-bond acceptors (Lipinski definition) is 3. The normalized spacial score (nSPS) is 12.2. The van der Waals surface area contributed by atoms with Crippen LogP contribution in [0.2, 0.25) is 0 Å². The number of nitrogens with one attached hydrogen (secondary N) is 1. The molecule has 0 fully saturated rings. The molecule has 0 heterocycles. The zero-order valence-corrected chi connectivity index (χ0v) is 10.7. The predicted octanol–water partition coefficient (Wildman–Crippen LogP) is 2.57. The number of ether oxygens (including phenoxy) is 1. The summed E-state index contributed by atoms with van der Waals surface area (Å²) in [7, 11) is 0. The Morgan fingerprint density at radius 1 is 1.29 bits per heavy atom. The monoisotopic (exact) mass is 232 g/mol. The Labute approximate surface area is 103 Å². The van der Waals surface area contributed by atoms with Gasteiger partial charge in [0.2, 0.25) is 0 Å². The lowest BCUT2D eigenvalue weighted by Crippen LogP contribution is -2.30. The van der Waals surface area contributed by atoms with Gasteiger partial charge < -0.3 is 10.1 Å². The van der Waals surface area contributed by atoms with Crippen LogP contribution in [0.25, 0.3) is 0 Å². The first kappa shape index (κ1) is 13.5. The van der Waals surface area contributed by atoms with Crippen LogP contribution in [-0.2, 0) is 0 Å². The van der Waals surface area contributed by atoms with Gasteiger partial charge in [0, 0.05) is 18.5 Å². The van der Waals surface area contributed by atoms with Crippen LogP contribution in [-0.4, -0.2) is 19.2 Å². The van der Waals surface area contributed by atoms with Gasteiger partial charge in [0.15, 0.2) is 0 Å². The van der Waals surface area contributed by atoms with Crippen molar-refractivity contribution in [2.24, 2.45) is 5.92 Å². The summed E-state index contributed by atoms with van der Waals surface area (Å²) in [6, 6.07) is 9.95. The van der Waals surface area contributed by atoms with E-state index in [1.165, 1.54) is 0 Å². The van der Waals surface area contributed by atoms with E-state index in [-0.39, 0.29) is 0 Å². The quantitative estimate of drug-likeness (QED) is 0.820. The molecular weight excluding hydrogens is 212 g/mol. The number of benzene rings is 1. The van der Waals surface area contributed by atoms with Crippen LogP contribution >= 0.6 is 0 Å². The average molecular weight is 232 g/mol. The molecular formula is C14H20N2O. The van der Waals surface area contributed by atoms with Crippen LogP contribution in [0, 0.1) is 17.2 Å². The summed E-state index contributed by atoms with van der Waals surface area (Å²) in [5, 5.41) is 12.3. The van der Waals surface area contributed by atoms with E-state index >= 15 is 0 Å². The zero-order chi connectivity index (χ0) is 12.7. The van der Waals surface area contributed by atoms with E-state index in [1.54, 1.807) is 6.07 Å². The van der Waals surface area contributed by atoms with Crippen LogP contribution in [0.4, 0.5) is 0 Å². The van der Waals surface area contributed by atoms with Crippen molar-refractivity contribution < 1.29 is 4.74 Å². The van der Waals surface area contributed by atoms with Crippen molar-refractivity contribution in [1.29, 1.82) is 5.26 Å². The number of hydrogen-bond donors (Lipinski definition) is 1. The van der Waals surface area contributed by atoms with Crippen molar-refractivity contribution in [3.05, 3.63) is 29.8 Å². The Morgan fingerprint density at radius 3 is 2.65 bits per heavy atom. The number of nitrogens with zero attached hydrogens (tertiary/aromatic N) is 1. The molecule has 3 nitrogen and oxygen atoms in total. The highest BCUT2D eigenvalue weighted by Gasteiger charge is 2.06. The number of nitriles is 1. The van der Waals surface area contributed by atoms with Gasteiger partial charge in [-0.1, -0.05) is 32.9 Å². The maximum atomic E-state index is 8.92. The molecule has 0 bridgehead atoms. The van der Waals surface area contributed by atoms with Crippen molar-refractivity contribution >= 4 is 0 Å². The first-order valence-corrected chi connectivity index (χ1v) is 5.98. The van der Waals surface area contributed by atoms with Crippen LogP contribution in [0.5, 0.6) is 5.75 Å². The van der Waals surface area contributed by atoms with E-state index in [9.17, 15) is 0 Å². The predicted molar refractivity (Wildman–Crippen MR) is 69.0 cm³/mol. The average Bonchev–Trinajstić information content (AvgIpc) is 2.34. The zero-order valence-electron chi connectivity index (χ0n) is 10.7. The van der Waals surface area contributed by atoms with Gasteiger partial charge in [0.1, 0.15) is 11.8 Å². The molecule has 0 radical (unpaired) electrons.